The Hall–Kier alpha value is -3.39. The predicted octanol–water partition coefficient (Wildman–Crippen LogP) is 4.00. The molecule has 136 valence electrons. The van der Waals surface area contributed by atoms with Crippen LogP contribution in [0.5, 0.6) is 0 Å². The first-order chi connectivity index (χ1) is 13.0. The minimum absolute atomic E-state index is 0.164. The summed E-state index contributed by atoms with van der Waals surface area (Å²) < 4.78 is 0. The van der Waals surface area contributed by atoms with Gasteiger partial charge in [0.05, 0.1) is 11.3 Å². The molecule has 0 saturated carbocycles. The van der Waals surface area contributed by atoms with E-state index in [-0.39, 0.29) is 17.1 Å². The molecule has 0 aromatic heterocycles. The van der Waals surface area contributed by atoms with E-state index in [2.05, 4.69) is 19.2 Å². The molecule has 0 fully saturated rings. The van der Waals surface area contributed by atoms with Gasteiger partial charge in [0, 0.05) is 17.8 Å². The van der Waals surface area contributed by atoms with Gasteiger partial charge >= 0.3 is 0 Å². The van der Waals surface area contributed by atoms with Gasteiger partial charge in [0.2, 0.25) is 0 Å². The number of fused-ring (bicyclic) bond motifs is 1. The number of nitrogens with one attached hydrogen (secondary N) is 1. The van der Waals surface area contributed by atoms with Crippen molar-refractivity contribution in [2.45, 2.75) is 20.3 Å². The van der Waals surface area contributed by atoms with Crippen molar-refractivity contribution in [2.75, 3.05) is 16.8 Å². The fourth-order valence-corrected chi connectivity index (χ4v) is 3.07. The molecular formula is C22H21N3O2. The fourth-order valence-electron chi connectivity index (χ4n) is 3.07. The molecule has 5 nitrogen and oxygen atoms in total. The number of anilines is 2. The second kappa shape index (κ2) is 7.88. The normalized spacial score (nSPS) is 14.7. The van der Waals surface area contributed by atoms with Crippen LogP contribution in [-0.2, 0) is 9.59 Å². The molecule has 0 spiro atoms. The molecule has 5 heteroatoms. The highest BCUT2D eigenvalue weighted by Crippen LogP contribution is 2.38. The van der Waals surface area contributed by atoms with E-state index in [0.717, 1.165) is 12.1 Å². The van der Waals surface area contributed by atoms with Gasteiger partial charge in [-0.15, -0.1) is 0 Å². The van der Waals surface area contributed by atoms with Crippen LogP contribution < -0.4 is 10.2 Å². The predicted molar refractivity (Wildman–Crippen MR) is 106 cm³/mol. The Balaban J connectivity index is 2.01. The Kier molecular flexibility index (Phi) is 5.37. The summed E-state index contributed by atoms with van der Waals surface area (Å²) in [6.45, 7) is 4.74. The summed E-state index contributed by atoms with van der Waals surface area (Å²) in [5.41, 5.74) is 1.96. The Labute approximate surface area is 158 Å². The molecule has 1 heterocycles. The summed E-state index contributed by atoms with van der Waals surface area (Å²) in [5.74, 6) is -0.431. The molecule has 1 aliphatic rings. The van der Waals surface area contributed by atoms with Gasteiger partial charge in [-0.05, 0) is 30.5 Å². The first kappa shape index (κ1) is 18.4. The first-order valence-electron chi connectivity index (χ1n) is 8.95. The molecule has 0 saturated heterocycles. The molecule has 0 bridgehead atoms. The molecule has 0 aliphatic carbocycles. The number of carbonyl (C=O) groups is 2. The van der Waals surface area contributed by atoms with Gasteiger partial charge in [-0.25, -0.2) is 0 Å². The summed E-state index contributed by atoms with van der Waals surface area (Å²) in [6, 6.07) is 18.1. The highest BCUT2D eigenvalue weighted by molar-refractivity contribution is 6.37. The average Bonchev–Trinajstić information content (AvgIpc) is 2.93. The smallest absolute Gasteiger partial charge is 0.267 e. The van der Waals surface area contributed by atoms with E-state index in [9.17, 15) is 14.9 Å². The number of benzene rings is 2. The SMILES string of the molecule is CC(C)CCN1C(=O)C(=C(C#N)C(=O)Nc2ccccc2)c2ccccc21. The average molecular weight is 359 g/mol. The first-order valence-corrected chi connectivity index (χ1v) is 8.95. The van der Waals surface area contributed by atoms with Gasteiger partial charge in [-0.2, -0.15) is 5.26 Å². The van der Waals surface area contributed by atoms with Crippen LogP contribution in [-0.4, -0.2) is 18.4 Å². The van der Waals surface area contributed by atoms with E-state index in [1.807, 2.05) is 30.3 Å². The lowest BCUT2D eigenvalue weighted by Gasteiger charge is -2.18. The molecular weight excluding hydrogens is 338 g/mol. The lowest BCUT2D eigenvalue weighted by atomic mass is 10.0. The van der Waals surface area contributed by atoms with Gasteiger partial charge in [0.25, 0.3) is 11.8 Å². The Morgan fingerprint density at radius 3 is 2.44 bits per heavy atom. The molecule has 2 aromatic carbocycles. The van der Waals surface area contributed by atoms with Crippen LogP contribution >= 0.6 is 0 Å². The van der Waals surface area contributed by atoms with Gasteiger partial charge < -0.3 is 10.2 Å². The monoisotopic (exact) mass is 359 g/mol. The van der Waals surface area contributed by atoms with E-state index in [0.29, 0.717) is 23.7 Å². The van der Waals surface area contributed by atoms with Crippen molar-refractivity contribution < 1.29 is 9.59 Å². The maximum Gasteiger partial charge on any atom is 0.267 e. The molecule has 27 heavy (non-hydrogen) atoms. The van der Waals surface area contributed by atoms with Crippen LogP contribution in [0.2, 0.25) is 0 Å². The second-order valence-electron chi connectivity index (χ2n) is 6.84. The molecule has 0 atom stereocenters. The maximum absolute atomic E-state index is 13.1. The third-order valence-corrected chi connectivity index (χ3v) is 4.47. The molecule has 0 unspecified atom stereocenters. The van der Waals surface area contributed by atoms with Gasteiger partial charge in [0.1, 0.15) is 11.6 Å². The molecule has 1 aliphatic heterocycles. The third kappa shape index (κ3) is 3.75. The molecule has 2 aromatic rings. The number of rotatable bonds is 5. The van der Waals surface area contributed by atoms with E-state index in [1.165, 1.54) is 0 Å². The van der Waals surface area contributed by atoms with Crippen LogP contribution in [0.25, 0.3) is 5.57 Å². The summed E-state index contributed by atoms with van der Waals surface area (Å²) in [4.78, 5) is 27.4. The highest BCUT2D eigenvalue weighted by Gasteiger charge is 2.36. The molecule has 0 radical (unpaired) electrons. The zero-order chi connectivity index (χ0) is 19.4. The quantitative estimate of drug-likeness (QED) is 0.648. The van der Waals surface area contributed by atoms with Crippen molar-refractivity contribution >= 4 is 28.8 Å². The standard InChI is InChI=1S/C22H21N3O2/c1-15(2)12-13-25-19-11-7-6-10-17(19)20(22(25)27)18(14-23)21(26)24-16-8-4-3-5-9-16/h3-11,15H,12-13H2,1-2H3,(H,24,26). The zero-order valence-corrected chi connectivity index (χ0v) is 15.4. The summed E-state index contributed by atoms with van der Waals surface area (Å²) in [5, 5.41) is 12.3. The van der Waals surface area contributed by atoms with Gasteiger partial charge in [-0.1, -0.05) is 50.2 Å². The Bertz CT molecular complexity index is 940. The van der Waals surface area contributed by atoms with Gasteiger partial charge in [-0.3, -0.25) is 9.59 Å². The maximum atomic E-state index is 13.1. The number of nitrogens with zero attached hydrogens (tertiary/aromatic N) is 2. The largest absolute Gasteiger partial charge is 0.321 e. The Morgan fingerprint density at radius 1 is 1.11 bits per heavy atom. The summed E-state index contributed by atoms with van der Waals surface area (Å²) in [6.07, 6.45) is 0.839. The second-order valence-corrected chi connectivity index (χ2v) is 6.84. The number of amides is 2. The minimum atomic E-state index is -0.576. The van der Waals surface area contributed by atoms with Crippen LogP contribution in [0.4, 0.5) is 11.4 Å². The van der Waals surface area contributed by atoms with Crippen molar-refractivity contribution in [3.8, 4) is 6.07 Å². The molecule has 1 N–H and O–H groups in total. The number of carbonyl (C=O) groups excluding carboxylic acids is 2. The third-order valence-electron chi connectivity index (χ3n) is 4.47. The van der Waals surface area contributed by atoms with E-state index >= 15 is 0 Å². The minimum Gasteiger partial charge on any atom is -0.321 e. The number of hydrogen-bond acceptors (Lipinski definition) is 3. The Morgan fingerprint density at radius 2 is 1.78 bits per heavy atom. The van der Waals surface area contributed by atoms with Crippen LogP contribution in [0.15, 0.2) is 60.2 Å². The highest BCUT2D eigenvalue weighted by atomic mass is 16.2. The van der Waals surface area contributed by atoms with Crippen molar-refractivity contribution in [1.82, 2.24) is 0 Å². The summed E-state index contributed by atoms with van der Waals surface area (Å²) in [7, 11) is 0. The zero-order valence-electron chi connectivity index (χ0n) is 15.4. The van der Waals surface area contributed by atoms with Crippen LogP contribution in [0.3, 0.4) is 0 Å². The van der Waals surface area contributed by atoms with Crippen molar-refractivity contribution in [1.29, 1.82) is 5.26 Å². The number of para-hydroxylation sites is 2. The van der Waals surface area contributed by atoms with E-state index in [1.54, 1.807) is 35.2 Å². The lowest BCUT2D eigenvalue weighted by molar-refractivity contribution is -0.114. The number of hydrogen-bond donors (Lipinski definition) is 1. The van der Waals surface area contributed by atoms with Crippen molar-refractivity contribution in [3.63, 3.8) is 0 Å². The van der Waals surface area contributed by atoms with Crippen molar-refractivity contribution in [2.24, 2.45) is 5.92 Å². The summed E-state index contributed by atoms with van der Waals surface area (Å²) >= 11 is 0. The molecule has 2 amide bonds. The van der Waals surface area contributed by atoms with Gasteiger partial charge in [0.15, 0.2) is 0 Å². The lowest BCUT2D eigenvalue weighted by Crippen LogP contribution is -2.29. The van der Waals surface area contributed by atoms with Crippen LogP contribution in [0.1, 0.15) is 25.8 Å². The topological polar surface area (TPSA) is 73.2 Å². The number of nitriles is 1. The fraction of sp³-hybridized carbons (Fsp3) is 0.227. The molecule has 3 rings (SSSR count). The van der Waals surface area contributed by atoms with Crippen LogP contribution in [0, 0.1) is 17.2 Å². The van der Waals surface area contributed by atoms with Crippen molar-refractivity contribution in [3.05, 3.63) is 65.7 Å². The van der Waals surface area contributed by atoms with E-state index in [4.69, 9.17) is 0 Å². The van der Waals surface area contributed by atoms with E-state index < -0.39 is 5.91 Å².